The summed E-state index contributed by atoms with van der Waals surface area (Å²) in [5, 5.41) is 3.59. The molecule has 2 aromatic carbocycles. The van der Waals surface area contributed by atoms with Crippen molar-refractivity contribution in [2.45, 2.75) is 19.0 Å². The molecule has 2 aliphatic heterocycles. The molecule has 0 fully saturated rings. The van der Waals surface area contributed by atoms with E-state index in [0.717, 1.165) is 25.3 Å². The summed E-state index contributed by atoms with van der Waals surface area (Å²) in [5.74, 6) is 1.10. The van der Waals surface area contributed by atoms with Gasteiger partial charge in [-0.05, 0) is 16.7 Å². The Kier molecular flexibility index (Phi) is 2.17. The van der Waals surface area contributed by atoms with Crippen molar-refractivity contribution in [3.63, 3.8) is 0 Å². The highest BCUT2D eigenvalue weighted by atomic mass is 16.5. The second-order valence-corrected chi connectivity index (χ2v) is 4.95. The zero-order valence-corrected chi connectivity index (χ0v) is 10.1. The summed E-state index contributed by atoms with van der Waals surface area (Å²) in [4.78, 5) is 0. The number of fused-ring (bicyclic) bond motifs is 2. The fourth-order valence-corrected chi connectivity index (χ4v) is 3.04. The zero-order valence-electron chi connectivity index (χ0n) is 10.1. The van der Waals surface area contributed by atoms with Gasteiger partial charge in [0.1, 0.15) is 5.75 Å². The molecule has 0 aliphatic carbocycles. The molecule has 2 aromatic rings. The van der Waals surface area contributed by atoms with Crippen molar-refractivity contribution in [1.82, 2.24) is 5.32 Å². The third-order valence-corrected chi connectivity index (χ3v) is 3.92. The molecule has 0 saturated heterocycles. The molecule has 0 radical (unpaired) electrons. The maximum atomic E-state index is 5.82. The lowest BCUT2D eigenvalue weighted by molar-refractivity contribution is 0.351. The van der Waals surface area contributed by atoms with Crippen molar-refractivity contribution in [2.24, 2.45) is 0 Å². The van der Waals surface area contributed by atoms with Crippen LogP contribution in [0.25, 0.3) is 0 Å². The predicted molar refractivity (Wildman–Crippen MR) is 70.8 cm³/mol. The fraction of sp³-hybridized carbons (Fsp3) is 0.250. The van der Waals surface area contributed by atoms with Gasteiger partial charge in [-0.2, -0.15) is 0 Å². The van der Waals surface area contributed by atoms with Crippen LogP contribution in [0.1, 0.15) is 28.3 Å². The molecule has 0 aromatic heterocycles. The summed E-state index contributed by atoms with van der Waals surface area (Å²) >= 11 is 0. The lowest BCUT2D eigenvalue weighted by atomic mass is 9.96. The van der Waals surface area contributed by atoms with Crippen LogP contribution >= 0.6 is 0 Å². The van der Waals surface area contributed by atoms with Crippen molar-refractivity contribution in [2.75, 3.05) is 6.61 Å². The number of para-hydroxylation sites is 1. The molecule has 1 atom stereocenters. The van der Waals surface area contributed by atoms with Gasteiger partial charge in [-0.3, -0.25) is 0 Å². The van der Waals surface area contributed by atoms with Gasteiger partial charge >= 0.3 is 0 Å². The van der Waals surface area contributed by atoms with E-state index in [4.69, 9.17) is 4.74 Å². The van der Waals surface area contributed by atoms with E-state index in [9.17, 15) is 0 Å². The number of hydrogen-bond donors (Lipinski definition) is 1. The minimum atomic E-state index is 0.286. The molecule has 18 heavy (non-hydrogen) atoms. The Bertz CT molecular complexity index is 606. The topological polar surface area (TPSA) is 21.3 Å². The van der Waals surface area contributed by atoms with E-state index in [2.05, 4.69) is 47.8 Å². The molecule has 4 rings (SSSR count). The normalized spacial score (nSPS) is 20.3. The second-order valence-electron chi connectivity index (χ2n) is 4.95. The van der Waals surface area contributed by atoms with Crippen LogP contribution < -0.4 is 10.1 Å². The number of hydrogen-bond acceptors (Lipinski definition) is 2. The number of nitrogens with one attached hydrogen (secondary N) is 1. The molecule has 2 nitrogen and oxygen atoms in total. The van der Waals surface area contributed by atoms with Crippen molar-refractivity contribution in [1.29, 1.82) is 0 Å². The SMILES string of the molecule is c1ccc2c(c1)CNC2c1cccc2c1OCC2. The van der Waals surface area contributed by atoms with Gasteiger partial charge in [0.15, 0.2) is 0 Å². The van der Waals surface area contributed by atoms with E-state index in [-0.39, 0.29) is 6.04 Å². The van der Waals surface area contributed by atoms with Gasteiger partial charge in [-0.25, -0.2) is 0 Å². The van der Waals surface area contributed by atoms with Gasteiger partial charge in [-0.1, -0.05) is 42.5 Å². The highest BCUT2D eigenvalue weighted by Gasteiger charge is 2.27. The smallest absolute Gasteiger partial charge is 0.127 e. The van der Waals surface area contributed by atoms with Crippen LogP contribution in [0.3, 0.4) is 0 Å². The summed E-state index contributed by atoms with van der Waals surface area (Å²) in [6.45, 7) is 1.77. The maximum Gasteiger partial charge on any atom is 0.127 e. The Balaban J connectivity index is 1.84. The van der Waals surface area contributed by atoms with Crippen LogP contribution in [0.2, 0.25) is 0 Å². The summed E-state index contributed by atoms with van der Waals surface area (Å²) in [5.41, 5.74) is 5.42. The van der Waals surface area contributed by atoms with Crippen LogP contribution in [-0.2, 0) is 13.0 Å². The monoisotopic (exact) mass is 237 g/mol. The van der Waals surface area contributed by atoms with E-state index in [1.807, 2.05) is 0 Å². The summed E-state index contributed by atoms with van der Waals surface area (Å²) in [7, 11) is 0. The van der Waals surface area contributed by atoms with Gasteiger partial charge in [0.05, 0.1) is 12.6 Å². The first-order valence-electron chi connectivity index (χ1n) is 6.49. The minimum Gasteiger partial charge on any atom is -0.493 e. The molecule has 2 heteroatoms. The van der Waals surface area contributed by atoms with E-state index in [1.54, 1.807) is 0 Å². The molecular weight excluding hydrogens is 222 g/mol. The minimum absolute atomic E-state index is 0.286. The first kappa shape index (κ1) is 10.2. The average Bonchev–Trinajstić information content (AvgIpc) is 3.05. The van der Waals surface area contributed by atoms with Gasteiger partial charge in [0.2, 0.25) is 0 Å². The van der Waals surface area contributed by atoms with Gasteiger partial charge in [0.25, 0.3) is 0 Å². The second kappa shape index (κ2) is 3.85. The third kappa shape index (κ3) is 1.39. The molecule has 2 aliphatic rings. The summed E-state index contributed by atoms with van der Waals surface area (Å²) in [6, 6.07) is 15.4. The average molecular weight is 237 g/mol. The lowest BCUT2D eigenvalue weighted by Gasteiger charge is -2.16. The van der Waals surface area contributed by atoms with Gasteiger partial charge in [-0.15, -0.1) is 0 Å². The van der Waals surface area contributed by atoms with Gasteiger partial charge < -0.3 is 10.1 Å². The quantitative estimate of drug-likeness (QED) is 0.823. The zero-order chi connectivity index (χ0) is 11.9. The highest BCUT2D eigenvalue weighted by molar-refractivity contribution is 5.51. The van der Waals surface area contributed by atoms with Crippen LogP contribution in [0.4, 0.5) is 0 Å². The van der Waals surface area contributed by atoms with Gasteiger partial charge in [0, 0.05) is 18.5 Å². The van der Waals surface area contributed by atoms with Crippen molar-refractivity contribution in [3.05, 3.63) is 64.7 Å². The van der Waals surface area contributed by atoms with Crippen LogP contribution in [-0.4, -0.2) is 6.61 Å². The molecule has 0 amide bonds. The van der Waals surface area contributed by atoms with Crippen molar-refractivity contribution in [3.8, 4) is 5.75 Å². The van der Waals surface area contributed by atoms with E-state index in [0.29, 0.717) is 0 Å². The van der Waals surface area contributed by atoms with Crippen molar-refractivity contribution < 1.29 is 4.74 Å². The highest BCUT2D eigenvalue weighted by Crippen LogP contribution is 2.39. The Labute approximate surface area is 107 Å². The third-order valence-electron chi connectivity index (χ3n) is 3.92. The van der Waals surface area contributed by atoms with Crippen LogP contribution in [0.15, 0.2) is 42.5 Å². The predicted octanol–water partition coefficient (Wildman–Crippen LogP) is 2.81. The first-order chi connectivity index (χ1) is 8.93. The molecule has 0 spiro atoms. The standard InChI is InChI=1S/C16H15NO/c1-2-6-13-12(4-1)10-17-15(13)14-7-3-5-11-8-9-18-16(11)14/h1-7,15,17H,8-10H2. The number of benzene rings is 2. The Morgan fingerprint density at radius 1 is 0.944 bits per heavy atom. The van der Waals surface area contributed by atoms with E-state index >= 15 is 0 Å². The van der Waals surface area contributed by atoms with E-state index in [1.165, 1.54) is 22.3 Å². The molecule has 2 heterocycles. The van der Waals surface area contributed by atoms with Crippen LogP contribution in [0.5, 0.6) is 5.75 Å². The maximum absolute atomic E-state index is 5.82. The first-order valence-corrected chi connectivity index (χ1v) is 6.49. The van der Waals surface area contributed by atoms with Crippen LogP contribution in [0, 0.1) is 0 Å². The molecule has 1 unspecified atom stereocenters. The molecule has 1 N–H and O–H groups in total. The largest absolute Gasteiger partial charge is 0.493 e. The molecular formula is C16H15NO. The Hall–Kier alpha value is -1.80. The Morgan fingerprint density at radius 2 is 1.78 bits per heavy atom. The summed E-state index contributed by atoms with van der Waals surface area (Å²) < 4.78 is 5.82. The molecule has 90 valence electrons. The Morgan fingerprint density at radius 3 is 2.78 bits per heavy atom. The van der Waals surface area contributed by atoms with E-state index < -0.39 is 0 Å². The molecule has 0 saturated carbocycles. The number of ether oxygens (including phenoxy) is 1. The fourth-order valence-electron chi connectivity index (χ4n) is 3.04. The van der Waals surface area contributed by atoms with Crippen molar-refractivity contribution >= 4 is 0 Å². The lowest BCUT2D eigenvalue weighted by Crippen LogP contribution is -2.14. The number of rotatable bonds is 1. The summed E-state index contributed by atoms with van der Waals surface area (Å²) in [6.07, 6.45) is 1.04. The molecule has 0 bridgehead atoms.